The number of benzene rings is 1. The average Bonchev–Trinajstić information content (AvgIpc) is 3.30. The van der Waals surface area contributed by atoms with Crippen LogP contribution in [0.15, 0.2) is 30.3 Å². The minimum Gasteiger partial charge on any atom is -0.378 e. The summed E-state index contributed by atoms with van der Waals surface area (Å²) in [5.41, 5.74) is 4.16. The molecule has 2 aliphatic heterocycles. The summed E-state index contributed by atoms with van der Waals surface area (Å²) in [5, 5.41) is 6.29. The number of hydrogen-bond acceptors (Lipinski definition) is 5. The SMILES string of the molecule is CC[C@@H]1CCN(C(=O)Nc2ccc(C)c(-c3cc(NC)nc(N4CCOCC4)c3)c2)C1. The van der Waals surface area contributed by atoms with Gasteiger partial charge in [0.15, 0.2) is 0 Å². The topological polar surface area (TPSA) is 69.7 Å². The molecule has 3 heterocycles. The molecule has 0 bridgehead atoms. The smallest absolute Gasteiger partial charge is 0.321 e. The summed E-state index contributed by atoms with van der Waals surface area (Å²) < 4.78 is 5.49. The van der Waals surface area contributed by atoms with Crippen molar-refractivity contribution in [2.75, 3.05) is 62.0 Å². The molecule has 2 amide bonds. The van der Waals surface area contributed by atoms with Crippen molar-refractivity contribution < 1.29 is 9.53 Å². The number of likely N-dealkylation sites (tertiary alicyclic amines) is 1. The predicted octanol–water partition coefficient (Wildman–Crippen LogP) is 4.20. The van der Waals surface area contributed by atoms with E-state index in [-0.39, 0.29) is 6.03 Å². The van der Waals surface area contributed by atoms with E-state index in [0.29, 0.717) is 5.92 Å². The van der Waals surface area contributed by atoms with Crippen molar-refractivity contribution in [3.8, 4) is 11.1 Å². The molecular weight excluding hydrogens is 390 g/mol. The first-order chi connectivity index (χ1) is 15.1. The Bertz CT molecular complexity index is 926. The van der Waals surface area contributed by atoms with Crippen molar-refractivity contribution in [3.63, 3.8) is 0 Å². The Balaban J connectivity index is 1.58. The lowest BCUT2D eigenvalue weighted by atomic mass is 10.00. The second-order valence-corrected chi connectivity index (χ2v) is 8.42. The molecule has 0 aliphatic carbocycles. The molecular formula is C24H33N5O2. The molecule has 2 fully saturated rings. The van der Waals surface area contributed by atoms with Gasteiger partial charge >= 0.3 is 6.03 Å². The van der Waals surface area contributed by atoms with Gasteiger partial charge in [0.25, 0.3) is 0 Å². The van der Waals surface area contributed by atoms with E-state index in [2.05, 4.69) is 53.6 Å². The highest BCUT2D eigenvalue weighted by Gasteiger charge is 2.25. The summed E-state index contributed by atoms with van der Waals surface area (Å²) in [6.45, 7) is 9.08. The quantitative estimate of drug-likeness (QED) is 0.754. The van der Waals surface area contributed by atoms with E-state index in [9.17, 15) is 4.79 Å². The lowest BCUT2D eigenvalue weighted by Crippen LogP contribution is -2.36. The number of urea groups is 1. The van der Waals surface area contributed by atoms with Gasteiger partial charge < -0.3 is 25.2 Å². The molecule has 0 saturated carbocycles. The maximum absolute atomic E-state index is 12.7. The van der Waals surface area contributed by atoms with Crippen LogP contribution in [0.2, 0.25) is 0 Å². The summed E-state index contributed by atoms with van der Waals surface area (Å²) in [6.07, 6.45) is 2.22. The number of carbonyl (C=O) groups excluding carboxylic acids is 1. The maximum atomic E-state index is 12.7. The van der Waals surface area contributed by atoms with Gasteiger partial charge in [0.1, 0.15) is 11.6 Å². The minimum absolute atomic E-state index is 0.00889. The van der Waals surface area contributed by atoms with Crippen LogP contribution in [0.4, 0.5) is 22.1 Å². The molecule has 0 spiro atoms. The Morgan fingerprint density at radius 2 is 2.00 bits per heavy atom. The lowest BCUT2D eigenvalue weighted by Gasteiger charge is -2.28. The zero-order valence-corrected chi connectivity index (χ0v) is 18.8. The summed E-state index contributed by atoms with van der Waals surface area (Å²) in [7, 11) is 1.89. The number of ether oxygens (including phenoxy) is 1. The van der Waals surface area contributed by atoms with E-state index in [1.807, 2.05) is 18.0 Å². The van der Waals surface area contributed by atoms with Crippen molar-refractivity contribution in [2.24, 2.45) is 5.92 Å². The molecule has 1 aromatic carbocycles. The average molecular weight is 424 g/mol. The fourth-order valence-electron chi connectivity index (χ4n) is 4.32. The molecule has 31 heavy (non-hydrogen) atoms. The number of pyridine rings is 1. The van der Waals surface area contributed by atoms with Crippen LogP contribution in [0.1, 0.15) is 25.3 Å². The molecule has 0 radical (unpaired) electrons. The molecule has 2 aliphatic rings. The fraction of sp³-hybridized carbons (Fsp3) is 0.500. The molecule has 2 N–H and O–H groups in total. The first-order valence-corrected chi connectivity index (χ1v) is 11.3. The summed E-state index contributed by atoms with van der Waals surface area (Å²) in [5.74, 6) is 2.40. The standard InChI is InChI=1S/C24H33N5O2/c1-4-18-7-8-29(16-18)24(30)26-20-6-5-17(2)21(15-20)19-13-22(25-3)27-23(14-19)28-9-11-31-12-10-28/h5-6,13-15,18H,4,7-12,16H2,1-3H3,(H,25,27)(H,26,30)/t18-/m1/s1. The predicted molar refractivity (Wildman–Crippen MR) is 126 cm³/mol. The highest BCUT2D eigenvalue weighted by molar-refractivity contribution is 5.91. The molecule has 7 heteroatoms. The molecule has 166 valence electrons. The highest BCUT2D eigenvalue weighted by atomic mass is 16.5. The number of aromatic nitrogens is 1. The summed E-state index contributed by atoms with van der Waals surface area (Å²) >= 11 is 0. The van der Waals surface area contributed by atoms with E-state index >= 15 is 0 Å². The van der Waals surface area contributed by atoms with Crippen molar-refractivity contribution in [3.05, 3.63) is 35.9 Å². The first kappa shape index (κ1) is 21.4. The van der Waals surface area contributed by atoms with Crippen molar-refractivity contribution >= 4 is 23.4 Å². The molecule has 7 nitrogen and oxygen atoms in total. The molecule has 2 saturated heterocycles. The Morgan fingerprint density at radius 3 is 2.71 bits per heavy atom. The Hall–Kier alpha value is -2.80. The van der Waals surface area contributed by atoms with Gasteiger partial charge in [-0.05, 0) is 60.2 Å². The van der Waals surface area contributed by atoms with Crippen molar-refractivity contribution in [2.45, 2.75) is 26.7 Å². The van der Waals surface area contributed by atoms with Gasteiger partial charge in [-0.15, -0.1) is 0 Å². The van der Waals surface area contributed by atoms with Crippen LogP contribution in [0.5, 0.6) is 0 Å². The fourth-order valence-corrected chi connectivity index (χ4v) is 4.32. The van der Waals surface area contributed by atoms with E-state index < -0.39 is 0 Å². The second kappa shape index (κ2) is 9.56. The number of amides is 2. The highest BCUT2D eigenvalue weighted by Crippen LogP contribution is 2.31. The molecule has 1 aromatic heterocycles. The number of carbonyl (C=O) groups is 1. The summed E-state index contributed by atoms with van der Waals surface area (Å²) in [6, 6.07) is 10.3. The van der Waals surface area contributed by atoms with Gasteiger partial charge in [0.2, 0.25) is 0 Å². The third-order valence-corrected chi connectivity index (χ3v) is 6.35. The number of nitrogens with one attached hydrogen (secondary N) is 2. The molecule has 0 unspecified atom stereocenters. The van der Waals surface area contributed by atoms with E-state index in [0.717, 1.165) is 86.2 Å². The third kappa shape index (κ3) is 4.93. The normalized spacial score (nSPS) is 18.9. The molecule has 1 atom stereocenters. The molecule has 2 aromatic rings. The van der Waals surface area contributed by atoms with E-state index in [1.165, 1.54) is 0 Å². The number of rotatable bonds is 5. The zero-order chi connectivity index (χ0) is 21.8. The number of morpholine rings is 1. The first-order valence-electron chi connectivity index (χ1n) is 11.3. The summed E-state index contributed by atoms with van der Waals surface area (Å²) in [4.78, 5) is 21.7. The van der Waals surface area contributed by atoms with Crippen LogP contribution < -0.4 is 15.5 Å². The van der Waals surface area contributed by atoms with Crippen LogP contribution in [0, 0.1) is 12.8 Å². The van der Waals surface area contributed by atoms with Gasteiger partial charge in [-0.25, -0.2) is 9.78 Å². The Kier molecular flexibility index (Phi) is 6.61. The van der Waals surface area contributed by atoms with E-state index in [4.69, 9.17) is 9.72 Å². The van der Waals surface area contributed by atoms with Crippen molar-refractivity contribution in [1.29, 1.82) is 0 Å². The Morgan fingerprint density at radius 1 is 1.19 bits per heavy atom. The second-order valence-electron chi connectivity index (χ2n) is 8.42. The van der Waals surface area contributed by atoms with Crippen LogP contribution >= 0.6 is 0 Å². The number of aryl methyl sites for hydroxylation is 1. The molecule has 4 rings (SSSR count). The number of hydrogen-bond donors (Lipinski definition) is 2. The van der Waals surface area contributed by atoms with Gasteiger partial charge in [0.05, 0.1) is 13.2 Å². The monoisotopic (exact) mass is 423 g/mol. The maximum Gasteiger partial charge on any atom is 0.321 e. The zero-order valence-electron chi connectivity index (χ0n) is 18.8. The van der Waals surface area contributed by atoms with E-state index in [1.54, 1.807) is 0 Å². The van der Waals surface area contributed by atoms with Gasteiger partial charge in [-0.1, -0.05) is 19.4 Å². The number of anilines is 3. The van der Waals surface area contributed by atoms with Crippen LogP contribution in [0.3, 0.4) is 0 Å². The number of nitrogens with zero attached hydrogens (tertiary/aromatic N) is 3. The third-order valence-electron chi connectivity index (χ3n) is 6.35. The van der Waals surface area contributed by atoms with Crippen LogP contribution in [0.25, 0.3) is 11.1 Å². The van der Waals surface area contributed by atoms with Gasteiger partial charge in [0, 0.05) is 38.9 Å². The Labute approximate surface area is 184 Å². The van der Waals surface area contributed by atoms with Crippen LogP contribution in [-0.4, -0.2) is 62.4 Å². The largest absolute Gasteiger partial charge is 0.378 e. The van der Waals surface area contributed by atoms with Gasteiger partial charge in [-0.3, -0.25) is 0 Å². The lowest BCUT2D eigenvalue weighted by molar-refractivity contribution is 0.122. The van der Waals surface area contributed by atoms with Crippen LogP contribution in [-0.2, 0) is 4.74 Å². The minimum atomic E-state index is -0.00889. The van der Waals surface area contributed by atoms with Crippen molar-refractivity contribution in [1.82, 2.24) is 9.88 Å². The van der Waals surface area contributed by atoms with Gasteiger partial charge in [-0.2, -0.15) is 0 Å².